The number of pyridine rings is 1. The number of ether oxygens (including phenoxy) is 2. The number of aromatic nitrogens is 1. The van der Waals surface area contributed by atoms with Gasteiger partial charge in [0.15, 0.2) is 11.6 Å². The number of nitrogens with two attached hydrogens (primary N) is 1. The molecule has 0 spiro atoms. The molecule has 1 aromatic heterocycles. The fraction of sp³-hybridized carbons (Fsp3) is 0.500. The molecule has 2 saturated heterocycles. The number of halogens is 1. The molecule has 2 aliphatic heterocycles. The maximum Gasteiger partial charge on any atom is 0.341 e. The highest BCUT2D eigenvalue weighted by molar-refractivity contribution is 5.97. The van der Waals surface area contributed by atoms with Crippen LogP contribution in [-0.4, -0.2) is 54.1 Å². The van der Waals surface area contributed by atoms with Crippen LogP contribution in [0, 0.1) is 5.82 Å². The molecule has 3 fully saturated rings. The summed E-state index contributed by atoms with van der Waals surface area (Å²) < 4.78 is 28.5. The van der Waals surface area contributed by atoms with Gasteiger partial charge in [0, 0.05) is 25.4 Å². The van der Waals surface area contributed by atoms with Gasteiger partial charge < -0.3 is 29.8 Å². The zero-order chi connectivity index (χ0) is 20.4. The summed E-state index contributed by atoms with van der Waals surface area (Å²) in [6.07, 6.45) is 3.63. The molecule has 0 bridgehead atoms. The van der Waals surface area contributed by atoms with Crippen LogP contribution in [0.5, 0.6) is 5.75 Å². The molecule has 5 rings (SSSR count). The molecular formula is C20H22FN3O5. The fourth-order valence-corrected chi connectivity index (χ4v) is 4.76. The lowest BCUT2D eigenvalue weighted by Crippen LogP contribution is -2.35. The van der Waals surface area contributed by atoms with Crippen molar-refractivity contribution < 1.29 is 23.8 Å². The maximum atomic E-state index is 15.4. The highest BCUT2D eigenvalue weighted by Gasteiger charge is 2.46. The van der Waals surface area contributed by atoms with Crippen molar-refractivity contribution in [3.8, 4) is 5.75 Å². The lowest BCUT2D eigenvalue weighted by molar-refractivity contribution is 0.0694. The van der Waals surface area contributed by atoms with Gasteiger partial charge in [-0.15, -0.1) is 0 Å². The van der Waals surface area contributed by atoms with Crippen molar-refractivity contribution in [2.24, 2.45) is 5.73 Å². The standard InChI is InChI=1S/C20H22FN3O5/c1-28-19-15-10(17(25)11(20(26)27)7-23(15)9-2-3-9)6-12(21)16(19)24-8-13(22)18-14(24)4-5-29-18/h6-7,9,13-14,18H,2-5,8,22H2,1H3,(H,26,27)/t13-,14+,18+/m0/s1. The van der Waals surface area contributed by atoms with Gasteiger partial charge in [0.2, 0.25) is 5.43 Å². The SMILES string of the molecule is COc1c(N2C[C@H](N)[C@H]3OCC[C@H]32)c(F)cc2c(=O)c(C(=O)O)cn(C3CC3)c12. The van der Waals surface area contributed by atoms with E-state index in [1.54, 1.807) is 4.57 Å². The predicted molar refractivity (Wildman–Crippen MR) is 103 cm³/mol. The van der Waals surface area contributed by atoms with E-state index in [2.05, 4.69) is 0 Å². The number of carboxylic acids is 1. The average molecular weight is 403 g/mol. The van der Waals surface area contributed by atoms with E-state index in [0.29, 0.717) is 18.7 Å². The van der Waals surface area contributed by atoms with E-state index in [-0.39, 0.29) is 46.6 Å². The summed E-state index contributed by atoms with van der Waals surface area (Å²) in [6, 6.07) is 0.884. The summed E-state index contributed by atoms with van der Waals surface area (Å²) >= 11 is 0. The molecule has 8 nitrogen and oxygen atoms in total. The number of methoxy groups -OCH3 is 1. The topological polar surface area (TPSA) is 107 Å². The molecule has 1 aromatic carbocycles. The van der Waals surface area contributed by atoms with E-state index in [1.165, 1.54) is 13.3 Å². The van der Waals surface area contributed by atoms with E-state index >= 15 is 4.39 Å². The van der Waals surface area contributed by atoms with E-state index in [1.807, 2.05) is 4.90 Å². The Bertz CT molecular complexity index is 1080. The Labute approximate surface area is 165 Å². The van der Waals surface area contributed by atoms with Crippen molar-refractivity contribution in [3.05, 3.63) is 33.9 Å². The number of fused-ring (bicyclic) bond motifs is 2. The molecule has 3 atom stereocenters. The number of carbonyl (C=O) groups is 1. The van der Waals surface area contributed by atoms with Crippen LogP contribution >= 0.6 is 0 Å². The second-order valence-electron chi connectivity index (χ2n) is 7.96. The van der Waals surface area contributed by atoms with Gasteiger partial charge in [0.05, 0.1) is 36.2 Å². The molecule has 0 unspecified atom stereocenters. The highest BCUT2D eigenvalue weighted by Crippen LogP contribution is 2.46. The first kappa shape index (κ1) is 18.4. The third-order valence-electron chi connectivity index (χ3n) is 6.19. The Hall–Kier alpha value is -2.65. The predicted octanol–water partition coefficient (Wildman–Crippen LogP) is 1.49. The number of carboxylic acid groups (broad SMARTS) is 1. The van der Waals surface area contributed by atoms with Gasteiger partial charge in [0.25, 0.3) is 0 Å². The van der Waals surface area contributed by atoms with Gasteiger partial charge in [-0.2, -0.15) is 0 Å². The van der Waals surface area contributed by atoms with Crippen LogP contribution in [0.15, 0.2) is 17.1 Å². The first-order chi connectivity index (χ1) is 13.9. The molecule has 29 heavy (non-hydrogen) atoms. The van der Waals surface area contributed by atoms with Crippen molar-refractivity contribution >= 4 is 22.6 Å². The number of nitrogens with zero attached hydrogens (tertiary/aromatic N) is 2. The molecule has 3 N–H and O–H groups in total. The minimum Gasteiger partial charge on any atom is -0.492 e. The van der Waals surface area contributed by atoms with Gasteiger partial charge in [-0.3, -0.25) is 4.79 Å². The van der Waals surface area contributed by atoms with E-state index in [4.69, 9.17) is 15.2 Å². The maximum absolute atomic E-state index is 15.4. The second-order valence-corrected chi connectivity index (χ2v) is 7.96. The number of hydrogen-bond acceptors (Lipinski definition) is 6. The second kappa shape index (κ2) is 6.43. The fourth-order valence-electron chi connectivity index (χ4n) is 4.76. The van der Waals surface area contributed by atoms with Crippen LogP contribution in [0.25, 0.3) is 10.9 Å². The third-order valence-corrected chi connectivity index (χ3v) is 6.19. The summed E-state index contributed by atoms with van der Waals surface area (Å²) in [4.78, 5) is 26.2. The van der Waals surface area contributed by atoms with Crippen molar-refractivity contribution in [1.29, 1.82) is 0 Å². The molecule has 3 aliphatic rings. The Morgan fingerprint density at radius 3 is 2.79 bits per heavy atom. The molecule has 3 heterocycles. The summed E-state index contributed by atoms with van der Waals surface area (Å²) in [5, 5.41) is 9.44. The smallest absolute Gasteiger partial charge is 0.341 e. The summed E-state index contributed by atoms with van der Waals surface area (Å²) in [6.45, 7) is 0.973. The van der Waals surface area contributed by atoms with Gasteiger partial charge in [0.1, 0.15) is 11.3 Å². The Morgan fingerprint density at radius 1 is 1.38 bits per heavy atom. The molecule has 154 valence electrons. The number of anilines is 1. The number of benzene rings is 1. The Balaban J connectivity index is 1.80. The molecule has 0 amide bonds. The highest BCUT2D eigenvalue weighted by atomic mass is 19.1. The molecule has 0 radical (unpaired) electrons. The van der Waals surface area contributed by atoms with Gasteiger partial charge in [-0.1, -0.05) is 0 Å². The molecule has 1 aliphatic carbocycles. The number of aromatic carboxylic acids is 1. The Kier molecular flexibility index (Phi) is 4.08. The van der Waals surface area contributed by atoms with E-state index < -0.39 is 17.2 Å². The summed E-state index contributed by atoms with van der Waals surface area (Å²) in [5.41, 5.74) is 5.82. The first-order valence-corrected chi connectivity index (χ1v) is 9.74. The van der Waals surface area contributed by atoms with Crippen LogP contribution in [0.2, 0.25) is 0 Å². The number of rotatable bonds is 4. The lowest BCUT2D eigenvalue weighted by Gasteiger charge is -2.28. The minimum atomic E-state index is -1.33. The quantitative estimate of drug-likeness (QED) is 0.796. The molecular weight excluding hydrogens is 381 g/mol. The van der Waals surface area contributed by atoms with Crippen molar-refractivity contribution in [2.75, 3.05) is 25.2 Å². The summed E-state index contributed by atoms with van der Waals surface area (Å²) in [7, 11) is 1.43. The number of hydrogen-bond donors (Lipinski definition) is 2. The molecule has 9 heteroatoms. The zero-order valence-electron chi connectivity index (χ0n) is 15.9. The van der Waals surface area contributed by atoms with Gasteiger partial charge in [-0.25, -0.2) is 9.18 Å². The van der Waals surface area contributed by atoms with Gasteiger partial charge >= 0.3 is 5.97 Å². The van der Waals surface area contributed by atoms with Crippen molar-refractivity contribution in [2.45, 2.75) is 43.5 Å². The zero-order valence-corrected chi connectivity index (χ0v) is 15.9. The average Bonchev–Trinajstić information content (AvgIpc) is 3.32. The monoisotopic (exact) mass is 403 g/mol. The van der Waals surface area contributed by atoms with Crippen molar-refractivity contribution in [3.63, 3.8) is 0 Å². The summed E-state index contributed by atoms with van der Waals surface area (Å²) in [5.74, 6) is -1.72. The van der Waals surface area contributed by atoms with Crippen LogP contribution in [-0.2, 0) is 4.74 Å². The minimum absolute atomic E-state index is 0.0117. The lowest BCUT2D eigenvalue weighted by atomic mass is 10.1. The van der Waals surface area contributed by atoms with Crippen LogP contribution in [0.1, 0.15) is 35.7 Å². The largest absolute Gasteiger partial charge is 0.492 e. The molecule has 2 aromatic rings. The third kappa shape index (κ3) is 2.64. The van der Waals surface area contributed by atoms with Crippen LogP contribution < -0.4 is 20.8 Å². The van der Waals surface area contributed by atoms with Gasteiger partial charge in [-0.05, 0) is 25.3 Å². The Morgan fingerprint density at radius 2 is 2.14 bits per heavy atom. The van der Waals surface area contributed by atoms with Crippen LogP contribution in [0.3, 0.4) is 0 Å². The first-order valence-electron chi connectivity index (χ1n) is 9.74. The van der Waals surface area contributed by atoms with E-state index in [0.717, 1.165) is 25.3 Å². The van der Waals surface area contributed by atoms with Crippen LogP contribution in [0.4, 0.5) is 10.1 Å². The normalized spacial score (nSPS) is 26.2. The van der Waals surface area contributed by atoms with E-state index in [9.17, 15) is 14.7 Å². The van der Waals surface area contributed by atoms with Crippen molar-refractivity contribution in [1.82, 2.24) is 4.57 Å². The molecule has 1 saturated carbocycles.